The molecule has 0 aliphatic rings. The average Bonchev–Trinajstić information content (AvgIpc) is 3.02. The monoisotopic (exact) mass is 292 g/mol. The number of hydrogen-bond acceptors (Lipinski definition) is 3. The summed E-state index contributed by atoms with van der Waals surface area (Å²) in [6.07, 6.45) is 3.54. The number of nitrogens with one attached hydrogen (secondary N) is 2. The minimum absolute atomic E-state index is 0.161. The Kier molecular flexibility index (Phi) is 8.28. The molecule has 0 fully saturated rings. The van der Waals surface area contributed by atoms with Crippen LogP contribution < -0.4 is 10.6 Å². The van der Waals surface area contributed by atoms with E-state index in [0.717, 1.165) is 31.4 Å². The first-order chi connectivity index (χ1) is 10.3. The number of nitrogens with zero attached hydrogens (tertiary/aromatic N) is 2. The molecule has 2 N–H and O–H groups in total. The number of likely N-dealkylation sites (N-methyl/N-ethyl adjacent to an activating group) is 1. The Bertz CT molecular complexity index is 410. The molecule has 118 valence electrons. The fraction of sp³-hybridized carbons (Fsp3) is 0.562. The minimum atomic E-state index is 0.161. The highest BCUT2D eigenvalue weighted by Gasteiger charge is 2.20. The Morgan fingerprint density at radius 3 is 2.67 bits per heavy atom. The second-order valence-corrected chi connectivity index (χ2v) is 4.64. The molecule has 5 heteroatoms. The number of furan rings is 1. The third kappa shape index (κ3) is 5.63. The zero-order valence-corrected chi connectivity index (χ0v) is 13.4. The zero-order valence-electron chi connectivity index (χ0n) is 13.4. The average molecular weight is 292 g/mol. The summed E-state index contributed by atoms with van der Waals surface area (Å²) in [6.45, 7) is 14.2. The van der Waals surface area contributed by atoms with E-state index < -0.39 is 0 Å². The van der Waals surface area contributed by atoms with Crippen LogP contribution >= 0.6 is 0 Å². The van der Waals surface area contributed by atoms with Crippen molar-refractivity contribution in [2.45, 2.75) is 26.8 Å². The zero-order chi connectivity index (χ0) is 15.5. The van der Waals surface area contributed by atoms with Crippen molar-refractivity contribution in [1.29, 1.82) is 0 Å². The molecule has 1 aromatic rings. The lowest BCUT2D eigenvalue weighted by atomic mass is 10.2. The second-order valence-electron chi connectivity index (χ2n) is 4.64. The van der Waals surface area contributed by atoms with Gasteiger partial charge >= 0.3 is 0 Å². The van der Waals surface area contributed by atoms with Gasteiger partial charge < -0.3 is 15.1 Å². The summed E-state index contributed by atoms with van der Waals surface area (Å²) in [4.78, 5) is 7.02. The largest absolute Gasteiger partial charge is 0.468 e. The van der Waals surface area contributed by atoms with Gasteiger partial charge in [0.1, 0.15) is 5.76 Å². The van der Waals surface area contributed by atoms with Gasteiger partial charge in [-0.05, 0) is 32.1 Å². The van der Waals surface area contributed by atoms with E-state index in [1.807, 2.05) is 18.2 Å². The number of aliphatic imine (C=N–C) groups is 1. The smallest absolute Gasteiger partial charge is 0.191 e. The predicted octanol–water partition coefficient (Wildman–Crippen LogP) is 2.40. The van der Waals surface area contributed by atoms with Crippen LogP contribution in [0.1, 0.15) is 32.6 Å². The first kappa shape index (κ1) is 17.3. The fourth-order valence-corrected chi connectivity index (χ4v) is 2.22. The Hall–Kier alpha value is -1.75. The van der Waals surface area contributed by atoms with Crippen LogP contribution in [0.3, 0.4) is 0 Å². The lowest BCUT2D eigenvalue weighted by Gasteiger charge is -2.27. The molecule has 0 aromatic carbocycles. The van der Waals surface area contributed by atoms with Crippen LogP contribution in [0.5, 0.6) is 0 Å². The maximum atomic E-state index is 5.59. The molecular formula is C16H28N4O. The van der Waals surface area contributed by atoms with Crippen molar-refractivity contribution in [2.75, 3.05) is 32.7 Å². The highest BCUT2D eigenvalue weighted by Crippen LogP contribution is 2.21. The topological polar surface area (TPSA) is 52.8 Å². The van der Waals surface area contributed by atoms with Gasteiger partial charge in [0.2, 0.25) is 0 Å². The van der Waals surface area contributed by atoms with Gasteiger partial charge in [-0.3, -0.25) is 9.89 Å². The maximum absolute atomic E-state index is 5.59. The number of rotatable bonds is 9. The van der Waals surface area contributed by atoms with Crippen molar-refractivity contribution in [3.05, 3.63) is 36.8 Å². The molecule has 0 bridgehead atoms. The number of guanidine groups is 1. The molecule has 5 nitrogen and oxygen atoms in total. The van der Waals surface area contributed by atoms with Gasteiger partial charge in [0.15, 0.2) is 5.96 Å². The Balaban J connectivity index is 2.81. The van der Waals surface area contributed by atoms with Gasteiger partial charge in [0, 0.05) is 13.1 Å². The van der Waals surface area contributed by atoms with Crippen LogP contribution in [0, 0.1) is 0 Å². The summed E-state index contributed by atoms with van der Waals surface area (Å²) in [6, 6.07) is 4.11. The van der Waals surface area contributed by atoms with Gasteiger partial charge in [-0.2, -0.15) is 0 Å². The van der Waals surface area contributed by atoms with Gasteiger partial charge in [0.05, 0.1) is 18.8 Å². The summed E-state index contributed by atoms with van der Waals surface area (Å²) in [5.41, 5.74) is 0. The lowest BCUT2D eigenvalue weighted by Crippen LogP contribution is -2.38. The SMILES string of the molecule is C=CCNC(=NCC(c1ccco1)N(CC)CC)NCC. The summed E-state index contributed by atoms with van der Waals surface area (Å²) in [7, 11) is 0. The second kappa shape index (κ2) is 10.0. The van der Waals surface area contributed by atoms with E-state index in [0.29, 0.717) is 13.1 Å². The van der Waals surface area contributed by atoms with Crippen molar-refractivity contribution in [3.8, 4) is 0 Å². The quantitative estimate of drug-likeness (QED) is 0.417. The molecule has 0 aliphatic carbocycles. The molecule has 1 rings (SSSR count). The van der Waals surface area contributed by atoms with E-state index in [1.54, 1.807) is 6.26 Å². The summed E-state index contributed by atoms with van der Waals surface area (Å²) < 4.78 is 5.59. The molecule has 0 saturated heterocycles. The maximum Gasteiger partial charge on any atom is 0.191 e. The van der Waals surface area contributed by atoms with Crippen molar-refractivity contribution >= 4 is 5.96 Å². The van der Waals surface area contributed by atoms with Gasteiger partial charge in [-0.25, -0.2) is 0 Å². The molecule has 21 heavy (non-hydrogen) atoms. The first-order valence-corrected chi connectivity index (χ1v) is 7.67. The van der Waals surface area contributed by atoms with Crippen LogP contribution in [-0.2, 0) is 0 Å². The van der Waals surface area contributed by atoms with E-state index in [4.69, 9.17) is 4.42 Å². The fourth-order valence-electron chi connectivity index (χ4n) is 2.22. The Morgan fingerprint density at radius 2 is 2.14 bits per heavy atom. The van der Waals surface area contributed by atoms with Crippen molar-refractivity contribution in [1.82, 2.24) is 15.5 Å². The van der Waals surface area contributed by atoms with Crippen LogP contribution in [0.2, 0.25) is 0 Å². The molecule has 1 atom stereocenters. The summed E-state index contributed by atoms with van der Waals surface area (Å²) >= 11 is 0. The first-order valence-electron chi connectivity index (χ1n) is 7.67. The van der Waals surface area contributed by atoms with Crippen molar-refractivity contribution in [2.24, 2.45) is 4.99 Å². The molecule has 0 saturated carbocycles. The normalized spacial score (nSPS) is 13.2. The van der Waals surface area contributed by atoms with Crippen LogP contribution in [-0.4, -0.2) is 43.6 Å². The molecule has 0 spiro atoms. The van der Waals surface area contributed by atoms with E-state index in [-0.39, 0.29) is 6.04 Å². The molecule has 1 unspecified atom stereocenters. The highest BCUT2D eigenvalue weighted by molar-refractivity contribution is 5.79. The molecule has 0 amide bonds. The highest BCUT2D eigenvalue weighted by atomic mass is 16.3. The summed E-state index contributed by atoms with van der Waals surface area (Å²) in [5.74, 6) is 1.77. The molecule has 1 aromatic heterocycles. The number of hydrogen-bond donors (Lipinski definition) is 2. The van der Waals surface area contributed by atoms with Crippen molar-refractivity contribution < 1.29 is 4.42 Å². The van der Waals surface area contributed by atoms with Crippen LogP contribution in [0.4, 0.5) is 0 Å². The van der Waals surface area contributed by atoms with E-state index >= 15 is 0 Å². The predicted molar refractivity (Wildman–Crippen MR) is 88.5 cm³/mol. The van der Waals surface area contributed by atoms with Gasteiger partial charge in [0.25, 0.3) is 0 Å². The molecule has 0 aliphatic heterocycles. The van der Waals surface area contributed by atoms with Gasteiger partial charge in [-0.1, -0.05) is 19.9 Å². The van der Waals surface area contributed by atoms with Crippen LogP contribution in [0.15, 0.2) is 40.5 Å². The van der Waals surface area contributed by atoms with E-state index in [2.05, 4.69) is 47.9 Å². The van der Waals surface area contributed by atoms with Gasteiger partial charge in [-0.15, -0.1) is 6.58 Å². The lowest BCUT2D eigenvalue weighted by molar-refractivity contribution is 0.198. The van der Waals surface area contributed by atoms with E-state index in [9.17, 15) is 0 Å². The molecular weight excluding hydrogens is 264 g/mol. The third-order valence-corrected chi connectivity index (χ3v) is 3.31. The van der Waals surface area contributed by atoms with Crippen LogP contribution in [0.25, 0.3) is 0 Å². The molecule has 0 radical (unpaired) electrons. The van der Waals surface area contributed by atoms with Crippen molar-refractivity contribution in [3.63, 3.8) is 0 Å². The third-order valence-electron chi connectivity index (χ3n) is 3.31. The van der Waals surface area contributed by atoms with E-state index in [1.165, 1.54) is 0 Å². The standard InChI is InChI=1S/C16H28N4O/c1-5-11-18-16(17-6-2)19-13-14(20(7-3)8-4)15-10-9-12-21-15/h5,9-10,12,14H,1,6-8,11,13H2,2-4H3,(H2,17,18,19). The Labute approximate surface area is 128 Å². The summed E-state index contributed by atoms with van der Waals surface area (Å²) in [5, 5.41) is 6.45. The minimum Gasteiger partial charge on any atom is -0.468 e. The Morgan fingerprint density at radius 1 is 1.38 bits per heavy atom. The molecule has 1 heterocycles.